The molecule has 2 aliphatic rings. The molecule has 0 amide bonds. The molecule has 3 atom stereocenters. The third-order valence-corrected chi connectivity index (χ3v) is 6.46. The summed E-state index contributed by atoms with van der Waals surface area (Å²) in [5, 5.41) is 0. The number of hydrogen-bond acceptors (Lipinski definition) is 2. The highest BCUT2D eigenvalue weighted by atomic mass is 32.2. The van der Waals surface area contributed by atoms with Crippen molar-refractivity contribution >= 4 is 10.0 Å². The van der Waals surface area contributed by atoms with Crippen LogP contribution in [0.15, 0.2) is 53.5 Å². The lowest BCUT2D eigenvalue weighted by molar-refractivity contribution is 0.467. The van der Waals surface area contributed by atoms with Crippen molar-refractivity contribution in [2.75, 3.05) is 13.1 Å². The first-order valence-electron chi connectivity index (χ1n) is 7.88. The Morgan fingerprint density at radius 1 is 1.00 bits per heavy atom. The van der Waals surface area contributed by atoms with E-state index in [1.807, 2.05) is 19.1 Å². The molecule has 1 saturated heterocycles. The van der Waals surface area contributed by atoms with Crippen LogP contribution in [0.1, 0.15) is 18.9 Å². The minimum atomic E-state index is -3.39. The van der Waals surface area contributed by atoms with Gasteiger partial charge in [0.2, 0.25) is 10.0 Å². The zero-order chi connectivity index (χ0) is 15.7. The smallest absolute Gasteiger partial charge is 0.207 e. The molecule has 0 radical (unpaired) electrons. The van der Waals surface area contributed by atoms with Gasteiger partial charge in [0.1, 0.15) is 0 Å². The van der Waals surface area contributed by atoms with Gasteiger partial charge < -0.3 is 0 Å². The Morgan fingerprint density at radius 2 is 1.64 bits per heavy atom. The summed E-state index contributed by atoms with van der Waals surface area (Å²) in [6, 6.07) is 7.12. The predicted molar refractivity (Wildman–Crippen MR) is 89.0 cm³/mol. The van der Waals surface area contributed by atoms with Gasteiger partial charge in [-0.2, -0.15) is 4.31 Å². The van der Waals surface area contributed by atoms with Crippen LogP contribution in [0.25, 0.3) is 0 Å². The monoisotopic (exact) mass is 317 g/mol. The molecule has 0 N–H and O–H groups in total. The average molecular weight is 317 g/mol. The second-order valence-corrected chi connectivity index (χ2v) is 8.43. The van der Waals surface area contributed by atoms with Crippen LogP contribution in [-0.2, 0) is 10.0 Å². The van der Waals surface area contributed by atoms with Gasteiger partial charge in [0.05, 0.1) is 4.90 Å². The number of allylic oxidation sites excluding steroid dienone is 2. The van der Waals surface area contributed by atoms with Gasteiger partial charge in [-0.3, -0.25) is 0 Å². The van der Waals surface area contributed by atoms with Crippen LogP contribution >= 0.6 is 0 Å². The van der Waals surface area contributed by atoms with Gasteiger partial charge in [-0.25, -0.2) is 8.42 Å². The Hall–Kier alpha value is -1.39. The molecule has 1 aliphatic carbocycles. The molecule has 3 rings (SSSR count). The van der Waals surface area contributed by atoms with Crippen LogP contribution in [0.3, 0.4) is 0 Å². The predicted octanol–water partition coefficient (Wildman–Crippen LogP) is 3.38. The summed E-state index contributed by atoms with van der Waals surface area (Å²) < 4.78 is 27.2. The molecule has 1 aromatic carbocycles. The van der Waals surface area contributed by atoms with Crippen molar-refractivity contribution in [3.63, 3.8) is 0 Å². The van der Waals surface area contributed by atoms with Crippen molar-refractivity contribution < 1.29 is 8.42 Å². The van der Waals surface area contributed by atoms with Crippen LogP contribution in [0.5, 0.6) is 0 Å². The number of benzene rings is 1. The number of fused-ring (bicyclic) bond motifs is 1. The van der Waals surface area contributed by atoms with Crippen molar-refractivity contribution in [3.05, 3.63) is 54.1 Å². The van der Waals surface area contributed by atoms with Gasteiger partial charge in [-0.1, -0.05) is 48.9 Å². The maximum absolute atomic E-state index is 12.8. The standard InChI is InChI=1S/C18H23NO2S/c1-14-4-3-5-16-12-19(13-17(16)9-6-14)22(20,21)18-10-7-15(2)8-11-18/h3,5-11,14,16-17H,4,12-13H2,1-2H3/b5-3-,9-6-/t14-,16-,17+/m0/s1. The Labute approximate surface area is 133 Å². The van der Waals surface area contributed by atoms with E-state index in [1.54, 1.807) is 16.4 Å². The van der Waals surface area contributed by atoms with Crippen LogP contribution in [0.2, 0.25) is 0 Å². The third kappa shape index (κ3) is 3.03. The van der Waals surface area contributed by atoms with Gasteiger partial charge in [-0.15, -0.1) is 0 Å². The lowest BCUT2D eigenvalue weighted by Crippen LogP contribution is -2.29. The van der Waals surface area contributed by atoms with Crippen LogP contribution in [0.4, 0.5) is 0 Å². The van der Waals surface area contributed by atoms with Crippen molar-refractivity contribution in [2.45, 2.75) is 25.2 Å². The summed E-state index contributed by atoms with van der Waals surface area (Å²) in [5.41, 5.74) is 1.07. The first kappa shape index (κ1) is 15.5. The number of sulfonamides is 1. The van der Waals surface area contributed by atoms with E-state index < -0.39 is 10.0 Å². The minimum absolute atomic E-state index is 0.291. The molecule has 4 heteroatoms. The van der Waals surface area contributed by atoms with E-state index in [-0.39, 0.29) is 0 Å². The maximum Gasteiger partial charge on any atom is 0.243 e. The molecule has 22 heavy (non-hydrogen) atoms. The summed E-state index contributed by atoms with van der Waals surface area (Å²) in [7, 11) is -3.39. The van der Waals surface area contributed by atoms with E-state index >= 15 is 0 Å². The molecule has 0 saturated carbocycles. The highest BCUT2D eigenvalue weighted by Gasteiger charge is 2.37. The van der Waals surface area contributed by atoms with Crippen molar-refractivity contribution in [3.8, 4) is 0 Å². The Bertz CT molecular complexity index is 688. The number of nitrogens with zero attached hydrogens (tertiary/aromatic N) is 1. The van der Waals surface area contributed by atoms with Gasteiger partial charge in [-0.05, 0) is 43.2 Å². The lowest BCUT2D eigenvalue weighted by atomic mass is 9.90. The topological polar surface area (TPSA) is 37.4 Å². The summed E-state index contributed by atoms with van der Waals surface area (Å²) in [6.07, 6.45) is 9.88. The quantitative estimate of drug-likeness (QED) is 0.784. The highest BCUT2D eigenvalue weighted by molar-refractivity contribution is 7.89. The van der Waals surface area contributed by atoms with E-state index in [0.717, 1.165) is 12.0 Å². The molecule has 3 nitrogen and oxygen atoms in total. The van der Waals surface area contributed by atoms with Crippen molar-refractivity contribution in [2.24, 2.45) is 17.8 Å². The minimum Gasteiger partial charge on any atom is -0.207 e. The van der Waals surface area contributed by atoms with Crippen molar-refractivity contribution in [1.29, 1.82) is 0 Å². The second kappa shape index (κ2) is 6.01. The molecular formula is C18H23NO2S. The van der Waals surface area contributed by atoms with Crippen molar-refractivity contribution in [1.82, 2.24) is 4.31 Å². The fraction of sp³-hybridized carbons (Fsp3) is 0.444. The molecule has 1 aromatic rings. The fourth-order valence-electron chi connectivity index (χ4n) is 3.16. The van der Waals surface area contributed by atoms with Gasteiger partial charge in [0.25, 0.3) is 0 Å². The lowest BCUT2D eigenvalue weighted by Gasteiger charge is -2.16. The van der Waals surface area contributed by atoms with E-state index in [4.69, 9.17) is 0 Å². The molecule has 1 aliphatic heterocycles. The molecule has 0 spiro atoms. The Kier molecular flexibility index (Phi) is 4.24. The largest absolute Gasteiger partial charge is 0.243 e. The summed E-state index contributed by atoms with van der Waals surface area (Å²) in [5.74, 6) is 1.11. The summed E-state index contributed by atoms with van der Waals surface area (Å²) in [4.78, 5) is 0.397. The van der Waals surface area contributed by atoms with Crippen LogP contribution in [0, 0.1) is 24.7 Å². The summed E-state index contributed by atoms with van der Waals surface area (Å²) >= 11 is 0. The molecule has 0 bridgehead atoms. The molecule has 118 valence electrons. The number of rotatable bonds is 2. The first-order chi connectivity index (χ1) is 10.5. The SMILES string of the molecule is Cc1ccc(S(=O)(=O)N2C[C@H]3/C=C\[C@@H](C)C/C=C\[C@H]3C2)cc1. The van der Waals surface area contributed by atoms with Gasteiger partial charge in [0.15, 0.2) is 0 Å². The fourth-order valence-corrected chi connectivity index (χ4v) is 4.67. The van der Waals surface area contributed by atoms with Gasteiger partial charge in [0, 0.05) is 13.1 Å². The zero-order valence-corrected chi connectivity index (χ0v) is 14.0. The molecule has 0 unspecified atom stereocenters. The summed E-state index contributed by atoms with van der Waals surface area (Å²) in [6.45, 7) is 5.31. The Balaban J connectivity index is 1.84. The average Bonchev–Trinajstić information content (AvgIpc) is 2.87. The number of hydrogen-bond donors (Lipinski definition) is 0. The zero-order valence-electron chi connectivity index (χ0n) is 13.1. The van der Waals surface area contributed by atoms with Gasteiger partial charge >= 0.3 is 0 Å². The normalized spacial score (nSPS) is 32.0. The van der Waals surface area contributed by atoms with E-state index in [2.05, 4.69) is 31.2 Å². The number of aryl methyl sites for hydroxylation is 1. The maximum atomic E-state index is 12.8. The molecule has 1 heterocycles. The van der Waals surface area contributed by atoms with E-state index in [9.17, 15) is 8.42 Å². The van der Waals surface area contributed by atoms with E-state index in [0.29, 0.717) is 35.7 Å². The van der Waals surface area contributed by atoms with Crippen LogP contribution in [-0.4, -0.2) is 25.8 Å². The molecule has 1 fully saturated rings. The van der Waals surface area contributed by atoms with Crippen LogP contribution < -0.4 is 0 Å². The Morgan fingerprint density at radius 3 is 2.32 bits per heavy atom. The van der Waals surface area contributed by atoms with E-state index in [1.165, 1.54) is 0 Å². The first-order valence-corrected chi connectivity index (χ1v) is 9.32. The molecule has 0 aromatic heterocycles. The third-order valence-electron chi connectivity index (χ3n) is 4.62. The molecular weight excluding hydrogens is 294 g/mol. The second-order valence-electron chi connectivity index (χ2n) is 6.49. The highest BCUT2D eigenvalue weighted by Crippen LogP contribution is 2.32.